The number of benzene rings is 2. The average Bonchev–Trinajstić information content (AvgIpc) is 2.70. The molecule has 0 bridgehead atoms. The number of rotatable bonds is 8. The van der Waals surface area contributed by atoms with E-state index in [0.29, 0.717) is 12.1 Å². The average molecular weight is 405 g/mol. The van der Waals surface area contributed by atoms with E-state index in [1.54, 1.807) is 18.2 Å². The minimum absolute atomic E-state index is 0. The van der Waals surface area contributed by atoms with Crippen LogP contribution in [0.1, 0.15) is 27.0 Å². The van der Waals surface area contributed by atoms with Crippen LogP contribution in [0.4, 0.5) is 0 Å². The van der Waals surface area contributed by atoms with E-state index < -0.39 is 5.91 Å². The van der Waals surface area contributed by atoms with Crippen molar-refractivity contribution >= 4 is 30.1 Å². The number of hydrogen-bond donors (Lipinski definition) is 4. The number of aryl methyl sites for hydroxylation is 1. The third-order valence-electron chi connectivity index (χ3n) is 3.88. The van der Waals surface area contributed by atoms with Gasteiger partial charge in [-0.3, -0.25) is 14.4 Å². The van der Waals surface area contributed by atoms with Crippen LogP contribution < -0.4 is 21.7 Å². The lowest BCUT2D eigenvalue weighted by atomic mass is 10.1. The summed E-state index contributed by atoms with van der Waals surface area (Å²) in [5, 5.41) is 7.96. The zero-order valence-electron chi connectivity index (χ0n) is 15.7. The van der Waals surface area contributed by atoms with Gasteiger partial charge < -0.3 is 21.7 Å². The van der Waals surface area contributed by atoms with Crippen molar-refractivity contribution in [1.29, 1.82) is 0 Å². The second-order valence-corrected chi connectivity index (χ2v) is 6.13. The molecule has 0 spiro atoms. The second kappa shape index (κ2) is 11.7. The van der Waals surface area contributed by atoms with Gasteiger partial charge in [0.2, 0.25) is 11.8 Å². The van der Waals surface area contributed by atoms with Crippen molar-refractivity contribution in [2.24, 2.45) is 5.73 Å². The van der Waals surface area contributed by atoms with E-state index in [0.717, 1.165) is 11.1 Å². The van der Waals surface area contributed by atoms with Gasteiger partial charge in [-0.1, -0.05) is 42.0 Å². The van der Waals surface area contributed by atoms with E-state index in [1.807, 2.05) is 37.3 Å². The van der Waals surface area contributed by atoms with Crippen LogP contribution in [0.3, 0.4) is 0 Å². The van der Waals surface area contributed by atoms with Gasteiger partial charge in [-0.2, -0.15) is 0 Å². The minimum Gasteiger partial charge on any atom is -0.350 e. The van der Waals surface area contributed by atoms with Gasteiger partial charge >= 0.3 is 0 Å². The van der Waals surface area contributed by atoms with Gasteiger partial charge in [0, 0.05) is 18.7 Å². The molecule has 28 heavy (non-hydrogen) atoms. The summed E-state index contributed by atoms with van der Waals surface area (Å²) in [6, 6.07) is 15.0. The summed E-state index contributed by atoms with van der Waals surface area (Å²) < 4.78 is 0. The zero-order chi connectivity index (χ0) is 19.6. The van der Waals surface area contributed by atoms with Crippen LogP contribution in [0.25, 0.3) is 0 Å². The first kappa shape index (κ1) is 23.1. The molecule has 0 saturated heterocycles. The van der Waals surface area contributed by atoms with Crippen LogP contribution in [0.2, 0.25) is 0 Å². The summed E-state index contributed by atoms with van der Waals surface area (Å²) in [5.74, 6) is -0.901. The summed E-state index contributed by atoms with van der Waals surface area (Å²) in [6.07, 6.45) is 0. The standard InChI is InChI=1S/C20H24N4O3.ClH/c1-14-5-7-15(8-6-14)11-24-20(27)17-4-2-3-16(9-17)12-22-19(26)13-23-18(25)10-21;/h2-9H,10-13,21H2,1H3,(H,22,26)(H,23,25)(H,24,27);1H. The first-order valence-electron chi connectivity index (χ1n) is 8.64. The maximum absolute atomic E-state index is 12.3. The molecule has 7 nitrogen and oxygen atoms in total. The Hall–Kier alpha value is -2.90. The Morgan fingerprint density at radius 3 is 2.21 bits per heavy atom. The largest absolute Gasteiger partial charge is 0.350 e. The Bertz CT molecular complexity index is 809. The van der Waals surface area contributed by atoms with Crippen molar-refractivity contribution in [3.63, 3.8) is 0 Å². The third-order valence-corrected chi connectivity index (χ3v) is 3.88. The zero-order valence-corrected chi connectivity index (χ0v) is 16.5. The summed E-state index contributed by atoms with van der Waals surface area (Å²) in [4.78, 5) is 35.1. The molecule has 0 unspecified atom stereocenters. The molecule has 2 aromatic carbocycles. The Labute approximate surface area is 170 Å². The molecule has 2 aromatic rings. The molecule has 0 atom stereocenters. The Morgan fingerprint density at radius 1 is 0.857 bits per heavy atom. The van der Waals surface area contributed by atoms with Crippen LogP contribution in [-0.2, 0) is 22.7 Å². The lowest BCUT2D eigenvalue weighted by Gasteiger charge is -2.09. The predicted molar refractivity (Wildman–Crippen MR) is 110 cm³/mol. The number of amides is 3. The molecular formula is C20H25ClN4O3. The van der Waals surface area contributed by atoms with Crippen molar-refractivity contribution < 1.29 is 14.4 Å². The summed E-state index contributed by atoms with van der Waals surface area (Å²) in [6.45, 7) is 2.43. The maximum atomic E-state index is 12.3. The number of nitrogens with one attached hydrogen (secondary N) is 3. The molecule has 150 valence electrons. The van der Waals surface area contributed by atoms with E-state index >= 15 is 0 Å². The minimum atomic E-state index is -0.391. The van der Waals surface area contributed by atoms with Gasteiger partial charge in [-0.15, -0.1) is 12.4 Å². The maximum Gasteiger partial charge on any atom is 0.251 e. The van der Waals surface area contributed by atoms with Crippen LogP contribution >= 0.6 is 12.4 Å². The number of halogens is 1. The summed E-state index contributed by atoms with van der Waals surface area (Å²) in [7, 11) is 0. The Morgan fingerprint density at radius 2 is 1.54 bits per heavy atom. The molecule has 0 heterocycles. The fourth-order valence-corrected chi connectivity index (χ4v) is 2.33. The van der Waals surface area contributed by atoms with Gasteiger partial charge in [0.05, 0.1) is 13.1 Å². The van der Waals surface area contributed by atoms with Crippen LogP contribution in [0.5, 0.6) is 0 Å². The number of nitrogens with two attached hydrogens (primary N) is 1. The molecule has 0 aliphatic carbocycles. The molecule has 0 aliphatic heterocycles. The van der Waals surface area contributed by atoms with E-state index in [2.05, 4.69) is 16.0 Å². The normalized spacial score (nSPS) is 9.79. The summed E-state index contributed by atoms with van der Waals surface area (Å²) in [5.41, 5.74) is 8.66. The van der Waals surface area contributed by atoms with E-state index in [1.165, 1.54) is 5.56 Å². The quantitative estimate of drug-likeness (QED) is 0.526. The third kappa shape index (κ3) is 7.77. The molecule has 5 N–H and O–H groups in total. The highest BCUT2D eigenvalue weighted by molar-refractivity contribution is 5.94. The molecule has 8 heteroatoms. The van der Waals surface area contributed by atoms with Gasteiger partial charge in [0.15, 0.2) is 0 Å². The van der Waals surface area contributed by atoms with Crippen LogP contribution in [-0.4, -0.2) is 30.8 Å². The lowest BCUT2D eigenvalue weighted by molar-refractivity contribution is -0.125. The number of carbonyl (C=O) groups is 3. The fraction of sp³-hybridized carbons (Fsp3) is 0.250. The van der Waals surface area contributed by atoms with Crippen LogP contribution in [0.15, 0.2) is 48.5 Å². The van der Waals surface area contributed by atoms with Gasteiger partial charge in [-0.25, -0.2) is 0 Å². The number of hydrogen-bond acceptors (Lipinski definition) is 4. The molecular weight excluding hydrogens is 380 g/mol. The van der Waals surface area contributed by atoms with E-state index in [-0.39, 0.29) is 43.9 Å². The highest BCUT2D eigenvalue weighted by Crippen LogP contribution is 2.07. The van der Waals surface area contributed by atoms with Crippen LogP contribution in [0, 0.1) is 6.92 Å². The second-order valence-electron chi connectivity index (χ2n) is 6.13. The SMILES string of the molecule is Cc1ccc(CNC(=O)c2cccc(CNC(=O)CNC(=O)CN)c2)cc1.Cl. The van der Waals surface area contributed by atoms with E-state index in [9.17, 15) is 14.4 Å². The van der Waals surface area contributed by atoms with Crippen molar-refractivity contribution in [1.82, 2.24) is 16.0 Å². The van der Waals surface area contributed by atoms with E-state index in [4.69, 9.17) is 5.73 Å². The molecule has 0 aliphatic rings. The molecule has 3 amide bonds. The topological polar surface area (TPSA) is 113 Å². The molecule has 0 radical (unpaired) electrons. The first-order valence-corrected chi connectivity index (χ1v) is 8.64. The monoisotopic (exact) mass is 404 g/mol. The van der Waals surface area contributed by atoms with Gasteiger partial charge in [0.1, 0.15) is 0 Å². The van der Waals surface area contributed by atoms with Crippen molar-refractivity contribution in [3.05, 3.63) is 70.8 Å². The molecule has 0 aromatic heterocycles. The van der Waals surface area contributed by atoms with Gasteiger partial charge in [0.25, 0.3) is 5.91 Å². The highest BCUT2D eigenvalue weighted by Gasteiger charge is 2.08. The first-order chi connectivity index (χ1) is 13.0. The Balaban J connectivity index is 0.00000392. The Kier molecular flexibility index (Phi) is 9.70. The molecule has 2 rings (SSSR count). The van der Waals surface area contributed by atoms with Crippen molar-refractivity contribution in [2.75, 3.05) is 13.1 Å². The predicted octanol–water partition coefficient (Wildman–Crippen LogP) is 1.04. The smallest absolute Gasteiger partial charge is 0.251 e. The summed E-state index contributed by atoms with van der Waals surface area (Å²) >= 11 is 0. The van der Waals surface area contributed by atoms with Crippen molar-refractivity contribution in [3.8, 4) is 0 Å². The van der Waals surface area contributed by atoms with Gasteiger partial charge in [-0.05, 0) is 30.2 Å². The lowest BCUT2D eigenvalue weighted by Crippen LogP contribution is -2.39. The molecule has 0 fully saturated rings. The highest BCUT2D eigenvalue weighted by atomic mass is 35.5. The van der Waals surface area contributed by atoms with Crippen molar-refractivity contribution in [2.45, 2.75) is 20.0 Å². The number of carbonyl (C=O) groups excluding carboxylic acids is 3. The molecule has 0 saturated carbocycles. The fourth-order valence-electron chi connectivity index (χ4n) is 2.33.